The summed E-state index contributed by atoms with van der Waals surface area (Å²) in [5.41, 5.74) is 0.653. The van der Waals surface area contributed by atoms with Gasteiger partial charge >= 0.3 is 0 Å². The first-order valence-electron chi connectivity index (χ1n) is 7.89. The van der Waals surface area contributed by atoms with Gasteiger partial charge in [-0.25, -0.2) is 0 Å². The van der Waals surface area contributed by atoms with Crippen LogP contribution in [0.25, 0.3) is 0 Å². The standard InChI is InChI=1S/C17H19BrClNO/c18-11-4-10(5-12(19)8-11)17(21)20-16-7-9-6-15(16)14-3-1-2-13(9)14/h4-5,8-9,13-16H,1-3,6-7H2,(H,20,21). The molecule has 0 heterocycles. The molecule has 1 aromatic rings. The fourth-order valence-electron chi connectivity index (χ4n) is 5.17. The molecule has 3 aliphatic rings. The topological polar surface area (TPSA) is 29.1 Å². The molecule has 0 radical (unpaired) electrons. The van der Waals surface area contributed by atoms with Gasteiger partial charge in [0.25, 0.3) is 5.91 Å². The second-order valence-electron chi connectivity index (χ2n) is 6.89. The molecule has 0 saturated heterocycles. The van der Waals surface area contributed by atoms with E-state index >= 15 is 0 Å². The quantitative estimate of drug-likeness (QED) is 0.808. The second kappa shape index (κ2) is 5.27. The fourth-order valence-corrected chi connectivity index (χ4v) is 6.03. The molecule has 0 aromatic heterocycles. The highest BCUT2D eigenvalue weighted by Crippen LogP contribution is 2.58. The van der Waals surface area contributed by atoms with Crippen molar-refractivity contribution in [2.45, 2.75) is 38.1 Å². The predicted octanol–water partition coefficient (Wildman–Crippen LogP) is 4.66. The molecule has 1 N–H and O–H groups in total. The third kappa shape index (κ3) is 2.43. The first kappa shape index (κ1) is 14.1. The van der Waals surface area contributed by atoms with Crippen LogP contribution < -0.4 is 5.32 Å². The van der Waals surface area contributed by atoms with E-state index in [1.165, 1.54) is 32.1 Å². The van der Waals surface area contributed by atoms with E-state index in [0.717, 1.165) is 22.2 Å². The number of carbonyl (C=O) groups is 1. The molecule has 4 rings (SSSR count). The van der Waals surface area contributed by atoms with Gasteiger partial charge < -0.3 is 5.32 Å². The van der Waals surface area contributed by atoms with E-state index in [4.69, 9.17) is 11.6 Å². The summed E-state index contributed by atoms with van der Waals surface area (Å²) in [6, 6.07) is 5.76. The molecule has 2 nitrogen and oxygen atoms in total. The Hall–Kier alpha value is -0.540. The molecule has 0 aliphatic heterocycles. The van der Waals surface area contributed by atoms with E-state index in [-0.39, 0.29) is 5.91 Å². The summed E-state index contributed by atoms with van der Waals surface area (Å²) < 4.78 is 0.851. The highest BCUT2D eigenvalue weighted by Gasteiger charge is 2.54. The summed E-state index contributed by atoms with van der Waals surface area (Å²) in [7, 11) is 0. The van der Waals surface area contributed by atoms with E-state index in [0.29, 0.717) is 22.5 Å². The van der Waals surface area contributed by atoms with Crippen LogP contribution in [-0.2, 0) is 0 Å². The summed E-state index contributed by atoms with van der Waals surface area (Å²) in [4.78, 5) is 12.5. The summed E-state index contributed by atoms with van der Waals surface area (Å²) in [6.45, 7) is 0. The smallest absolute Gasteiger partial charge is 0.251 e. The molecule has 4 heteroatoms. The number of nitrogens with one attached hydrogen (secondary N) is 1. The van der Waals surface area contributed by atoms with Gasteiger partial charge in [0, 0.05) is 21.1 Å². The summed E-state index contributed by atoms with van der Waals surface area (Å²) >= 11 is 9.44. The van der Waals surface area contributed by atoms with Crippen LogP contribution in [0.3, 0.4) is 0 Å². The Kier molecular flexibility index (Phi) is 3.54. The number of benzene rings is 1. The van der Waals surface area contributed by atoms with Gasteiger partial charge in [0.1, 0.15) is 0 Å². The zero-order chi connectivity index (χ0) is 14.6. The number of halogens is 2. The lowest BCUT2D eigenvalue weighted by Gasteiger charge is -2.32. The molecule has 1 aromatic carbocycles. The highest BCUT2D eigenvalue weighted by molar-refractivity contribution is 9.10. The van der Waals surface area contributed by atoms with Gasteiger partial charge in [0.15, 0.2) is 0 Å². The Bertz CT molecular complexity index is 570. The molecule has 5 atom stereocenters. The van der Waals surface area contributed by atoms with E-state index in [1.54, 1.807) is 12.1 Å². The van der Waals surface area contributed by atoms with Gasteiger partial charge in [-0.2, -0.15) is 0 Å². The number of rotatable bonds is 2. The zero-order valence-corrected chi connectivity index (χ0v) is 14.2. The minimum atomic E-state index is 0.0188. The molecule has 2 bridgehead atoms. The Morgan fingerprint density at radius 3 is 2.76 bits per heavy atom. The maximum Gasteiger partial charge on any atom is 0.251 e. The molecule has 21 heavy (non-hydrogen) atoms. The van der Waals surface area contributed by atoms with E-state index in [2.05, 4.69) is 21.2 Å². The summed E-state index contributed by atoms with van der Waals surface area (Å²) in [5, 5.41) is 3.87. The van der Waals surface area contributed by atoms with Crippen molar-refractivity contribution < 1.29 is 4.79 Å². The zero-order valence-electron chi connectivity index (χ0n) is 11.8. The van der Waals surface area contributed by atoms with Crippen molar-refractivity contribution in [3.8, 4) is 0 Å². The molecule has 0 spiro atoms. The normalized spacial score (nSPS) is 36.8. The predicted molar refractivity (Wildman–Crippen MR) is 87.5 cm³/mol. The maximum absolute atomic E-state index is 12.5. The highest BCUT2D eigenvalue weighted by atomic mass is 79.9. The van der Waals surface area contributed by atoms with Crippen LogP contribution in [0.15, 0.2) is 22.7 Å². The minimum absolute atomic E-state index is 0.0188. The molecule has 112 valence electrons. The average Bonchev–Trinajstić information content (AvgIpc) is 3.09. The van der Waals surface area contributed by atoms with Crippen molar-refractivity contribution in [1.29, 1.82) is 0 Å². The molecule has 5 unspecified atom stereocenters. The maximum atomic E-state index is 12.5. The van der Waals surface area contributed by atoms with E-state index in [1.807, 2.05) is 6.07 Å². The van der Waals surface area contributed by atoms with Crippen LogP contribution in [0.1, 0.15) is 42.5 Å². The van der Waals surface area contributed by atoms with Crippen LogP contribution in [0.4, 0.5) is 0 Å². The molecular weight excluding hydrogens is 350 g/mol. The molecule has 1 amide bonds. The Morgan fingerprint density at radius 2 is 1.95 bits per heavy atom. The average molecular weight is 369 g/mol. The van der Waals surface area contributed by atoms with Crippen molar-refractivity contribution in [3.63, 3.8) is 0 Å². The van der Waals surface area contributed by atoms with Crippen molar-refractivity contribution in [2.24, 2.45) is 23.7 Å². The van der Waals surface area contributed by atoms with Gasteiger partial charge in [0.2, 0.25) is 0 Å². The van der Waals surface area contributed by atoms with Crippen LogP contribution in [0, 0.1) is 23.7 Å². The number of amides is 1. The van der Waals surface area contributed by atoms with Crippen LogP contribution in [0.5, 0.6) is 0 Å². The molecule has 3 aliphatic carbocycles. The fraction of sp³-hybridized carbons (Fsp3) is 0.588. The lowest BCUT2D eigenvalue weighted by molar-refractivity contribution is 0.0901. The first-order valence-corrected chi connectivity index (χ1v) is 9.06. The van der Waals surface area contributed by atoms with Crippen molar-refractivity contribution in [3.05, 3.63) is 33.3 Å². The number of carbonyl (C=O) groups excluding carboxylic acids is 1. The third-order valence-corrected chi connectivity index (χ3v) is 6.55. The number of fused-ring (bicyclic) bond motifs is 5. The van der Waals surface area contributed by atoms with Gasteiger partial charge in [-0.1, -0.05) is 34.0 Å². The Balaban J connectivity index is 1.48. The van der Waals surface area contributed by atoms with Crippen LogP contribution in [-0.4, -0.2) is 11.9 Å². The lowest BCUT2D eigenvalue weighted by atomic mass is 9.79. The van der Waals surface area contributed by atoms with Gasteiger partial charge in [0.05, 0.1) is 0 Å². The Labute approximate surface area is 138 Å². The summed E-state index contributed by atoms with van der Waals surface area (Å²) in [5.74, 6) is 3.43. The molecular formula is C17H19BrClNO. The second-order valence-corrected chi connectivity index (χ2v) is 8.24. The van der Waals surface area contributed by atoms with Gasteiger partial charge in [-0.15, -0.1) is 0 Å². The van der Waals surface area contributed by atoms with Crippen molar-refractivity contribution in [2.75, 3.05) is 0 Å². The largest absolute Gasteiger partial charge is 0.349 e. The SMILES string of the molecule is O=C(NC1CC2CC1C1CCCC21)c1cc(Cl)cc(Br)c1. The van der Waals surface area contributed by atoms with Crippen molar-refractivity contribution >= 4 is 33.4 Å². The molecule has 3 fully saturated rings. The number of hydrogen-bond donors (Lipinski definition) is 1. The van der Waals surface area contributed by atoms with E-state index in [9.17, 15) is 4.79 Å². The van der Waals surface area contributed by atoms with Crippen LogP contribution >= 0.6 is 27.5 Å². The first-order chi connectivity index (χ1) is 10.1. The third-order valence-electron chi connectivity index (χ3n) is 5.87. The monoisotopic (exact) mass is 367 g/mol. The minimum Gasteiger partial charge on any atom is -0.349 e. The Morgan fingerprint density at radius 1 is 1.14 bits per heavy atom. The van der Waals surface area contributed by atoms with Crippen molar-refractivity contribution in [1.82, 2.24) is 5.32 Å². The number of hydrogen-bond acceptors (Lipinski definition) is 1. The van der Waals surface area contributed by atoms with E-state index < -0.39 is 0 Å². The van der Waals surface area contributed by atoms with Gasteiger partial charge in [-0.05, 0) is 67.6 Å². The lowest BCUT2D eigenvalue weighted by Crippen LogP contribution is -2.42. The van der Waals surface area contributed by atoms with Crippen LogP contribution in [0.2, 0.25) is 5.02 Å². The van der Waals surface area contributed by atoms with Gasteiger partial charge in [-0.3, -0.25) is 4.79 Å². The summed E-state index contributed by atoms with van der Waals surface area (Å²) in [6.07, 6.45) is 6.71. The molecule has 3 saturated carbocycles.